The van der Waals surface area contributed by atoms with Gasteiger partial charge in [0, 0.05) is 12.3 Å². The molecule has 1 saturated heterocycles. The molecule has 0 bridgehead atoms. The summed E-state index contributed by atoms with van der Waals surface area (Å²) in [4.78, 5) is 11.6. The molecule has 0 amide bonds. The van der Waals surface area contributed by atoms with Crippen molar-refractivity contribution in [3.63, 3.8) is 0 Å². The molecule has 1 unspecified atom stereocenters. The zero-order chi connectivity index (χ0) is 15.1. The summed E-state index contributed by atoms with van der Waals surface area (Å²) in [5.74, 6) is 0.435. The molecule has 0 radical (unpaired) electrons. The van der Waals surface area contributed by atoms with Crippen LogP contribution in [-0.2, 0) is 9.53 Å². The molecule has 0 aromatic rings. The van der Waals surface area contributed by atoms with Crippen LogP contribution >= 0.6 is 0 Å². The molecule has 0 spiro atoms. The molecule has 3 heteroatoms. The SMILES string of the molecule is CC(=CCC(C)C)[C@H](O)C(C)[C@@H]1CCCCCC(=O)O1. The monoisotopic (exact) mass is 282 g/mol. The minimum Gasteiger partial charge on any atom is -0.462 e. The summed E-state index contributed by atoms with van der Waals surface area (Å²) in [6, 6.07) is 0. The number of aliphatic hydroxyl groups excluding tert-OH is 1. The Balaban J connectivity index is 2.63. The van der Waals surface area contributed by atoms with Crippen molar-refractivity contribution in [2.24, 2.45) is 11.8 Å². The van der Waals surface area contributed by atoms with Gasteiger partial charge < -0.3 is 9.84 Å². The van der Waals surface area contributed by atoms with Gasteiger partial charge in [0.2, 0.25) is 0 Å². The summed E-state index contributed by atoms with van der Waals surface area (Å²) < 4.78 is 5.52. The second-order valence-electron chi connectivity index (χ2n) is 6.51. The molecule has 1 rings (SSSR count). The second-order valence-corrected chi connectivity index (χ2v) is 6.51. The van der Waals surface area contributed by atoms with Crippen molar-refractivity contribution in [3.05, 3.63) is 11.6 Å². The number of rotatable bonds is 5. The fourth-order valence-corrected chi connectivity index (χ4v) is 2.61. The van der Waals surface area contributed by atoms with Crippen molar-refractivity contribution in [2.45, 2.75) is 78.4 Å². The number of hydrogen-bond acceptors (Lipinski definition) is 3. The van der Waals surface area contributed by atoms with Crippen LogP contribution in [0.2, 0.25) is 0 Å². The van der Waals surface area contributed by atoms with Crippen molar-refractivity contribution in [1.29, 1.82) is 0 Å². The summed E-state index contributed by atoms with van der Waals surface area (Å²) in [6.45, 7) is 8.28. The third-order valence-corrected chi connectivity index (χ3v) is 4.11. The van der Waals surface area contributed by atoms with E-state index >= 15 is 0 Å². The maximum Gasteiger partial charge on any atom is 0.306 e. The summed E-state index contributed by atoms with van der Waals surface area (Å²) in [5.41, 5.74) is 0.990. The van der Waals surface area contributed by atoms with Crippen LogP contribution in [0.15, 0.2) is 11.6 Å². The Hall–Kier alpha value is -0.830. The smallest absolute Gasteiger partial charge is 0.306 e. The van der Waals surface area contributed by atoms with E-state index in [0.717, 1.165) is 37.7 Å². The average molecular weight is 282 g/mol. The lowest BCUT2D eigenvalue weighted by atomic mass is 9.88. The minimum absolute atomic E-state index is 0.0412. The molecule has 1 heterocycles. The maximum atomic E-state index is 11.6. The molecule has 0 aromatic carbocycles. The lowest BCUT2D eigenvalue weighted by molar-refractivity contribution is -0.155. The van der Waals surface area contributed by atoms with Gasteiger partial charge in [-0.2, -0.15) is 0 Å². The zero-order valence-electron chi connectivity index (χ0n) is 13.4. The average Bonchev–Trinajstić information content (AvgIpc) is 2.38. The number of hydrogen-bond donors (Lipinski definition) is 1. The van der Waals surface area contributed by atoms with Gasteiger partial charge in [0.15, 0.2) is 0 Å². The van der Waals surface area contributed by atoms with Gasteiger partial charge in [-0.15, -0.1) is 0 Å². The molecule has 0 saturated carbocycles. The van der Waals surface area contributed by atoms with E-state index in [9.17, 15) is 9.90 Å². The van der Waals surface area contributed by atoms with Gasteiger partial charge in [0.05, 0.1) is 6.10 Å². The van der Waals surface area contributed by atoms with Crippen LogP contribution in [0.4, 0.5) is 0 Å². The Morgan fingerprint density at radius 3 is 2.70 bits per heavy atom. The van der Waals surface area contributed by atoms with Crippen molar-refractivity contribution in [2.75, 3.05) is 0 Å². The maximum absolute atomic E-state index is 11.6. The third kappa shape index (κ3) is 5.66. The van der Waals surface area contributed by atoms with E-state index < -0.39 is 6.10 Å². The number of aliphatic hydroxyl groups is 1. The zero-order valence-corrected chi connectivity index (χ0v) is 13.4. The largest absolute Gasteiger partial charge is 0.462 e. The van der Waals surface area contributed by atoms with Crippen molar-refractivity contribution in [3.8, 4) is 0 Å². The van der Waals surface area contributed by atoms with Gasteiger partial charge in [-0.3, -0.25) is 4.79 Å². The Kier molecular flexibility index (Phi) is 7.28. The number of carbonyl (C=O) groups excluding carboxylic acids is 1. The number of cyclic esters (lactones) is 1. The predicted octanol–water partition coefficient (Wildman–Crippen LogP) is 3.85. The fraction of sp³-hybridized carbons (Fsp3) is 0.824. The molecule has 0 aliphatic carbocycles. The summed E-state index contributed by atoms with van der Waals surface area (Å²) >= 11 is 0. The van der Waals surface area contributed by atoms with E-state index in [1.54, 1.807) is 0 Å². The molecule has 0 aromatic heterocycles. The quantitative estimate of drug-likeness (QED) is 0.615. The summed E-state index contributed by atoms with van der Waals surface area (Å²) in [6.07, 6.45) is 6.86. The van der Waals surface area contributed by atoms with Gasteiger partial charge >= 0.3 is 5.97 Å². The number of esters is 1. The van der Waals surface area contributed by atoms with Crippen molar-refractivity contribution >= 4 is 5.97 Å². The molecule has 20 heavy (non-hydrogen) atoms. The first-order chi connectivity index (χ1) is 9.41. The Labute approximate surface area is 123 Å². The molecule has 1 N–H and O–H groups in total. The summed E-state index contributed by atoms with van der Waals surface area (Å²) in [5, 5.41) is 10.4. The lowest BCUT2D eigenvalue weighted by Gasteiger charge is -2.29. The topological polar surface area (TPSA) is 46.5 Å². The minimum atomic E-state index is -0.522. The van der Waals surface area contributed by atoms with Gasteiger partial charge in [-0.05, 0) is 44.1 Å². The van der Waals surface area contributed by atoms with E-state index in [1.807, 2.05) is 13.8 Å². The van der Waals surface area contributed by atoms with Crippen LogP contribution in [0.1, 0.15) is 66.2 Å². The van der Waals surface area contributed by atoms with Crippen LogP contribution in [0.25, 0.3) is 0 Å². The highest BCUT2D eigenvalue weighted by atomic mass is 16.5. The van der Waals surface area contributed by atoms with E-state index in [2.05, 4.69) is 19.9 Å². The first-order valence-electron chi connectivity index (χ1n) is 7.96. The number of ether oxygens (including phenoxy) is 1. The highest BCUT2D eigenvalue weighted by Gasteiger charge is 2.28. The van der Waals surface area contributed by atoms with Crippen molar-refractivity contribution < 1.29 is 14.6 Å². The number of allylic oxidation sites excluding steroid dienone is 1. The van der Waals surface area contributed by atoms with E-state index in [4.69, 9.17) is 4.74 Å². The standard InChI is InChI=1S/C17H30O3/c1-12(2)10-11-13(3)17(19)14(4)15-8-6-5-7-9-16(18)20-15/h11-12,14-15,17,19H,5-10H2,1-4H3/t14?,15-,17-/m0/s1. The van der Waals surface area contributed by atoms with Gasteiger partial charge in [0.25, 0.3) is 0 Å². The fourth-order valence-electron chi connectivity index (χ4n) is 2.61. The Morgan fingerprint density at radius 2 is 2.05 bits per heavy atom. The van der Waals surface area contributed by atoms with E-state index in [1.165, 1.54) is 0 Å². The first kappa shape index (κ1) is 17.2. The van der Waals surface area contributed by atoms with Gasteiger partial charge in [-0.1, -0.05) is 33.3 Å². The molecule has 3 nitrogen and oxygen atoms in total. The van der Waals surface area contributed by atoms with Crippen LogP contribution < -0.4 is 0 Å². The van der Waals surface area contributed by atoms with E-state index in [-0.39, 0.29) is 18.0 Å². The van der Waals surface area contributed by atoms with Crippen LogP contribution in [0.3, 0.4) is 0 Å². The first-order valence-corrected chi connectivity index (χ1v) is 7.96. The summed E-state index contributed by atoms with van der Waals surface area (Å²) in [7, 11) is 0. The molecule has 3 atom stereocenters. The molecule has 1 aliphatic heterocycles. The van der Waals surface area contributed by atoms with Gasteiger partial charge in [0.1, 0.15) is 6.10 Å². The highest BCUT2D eigenvalue weighted by Crippen LogP contribution is 2.25. The molecule has 116 valence electrons. The van der Waals surface area contributed by atoms with Crippen molar-refractivity contribution in [1.82, 2.24) is 0 Å². The normalized spacial score (nSPS) is 24.8. The lowest BCUT2D eigenvalue weighted by Crippen LogP contribution is -2.34. The second kappa shape index (κ2) is 8.46. The number of carbonyl (C=O) groups is 1. The Morgan fingerprint density at radius 1 is 1.35 bits per heavy atom. The van der Waals surface area contributed by atoms with Crippen LogP contribution in [-0.4, -0.2) is 23.3 Å². The Bertz CT molecular complexity index is 333. The highest BCUT2D eigenvalue weighted by molar-refractivity contribution is 5.69. The van der Waals surface area contributed by atoms with Gasteiger partial charge in [-0.25, -0.2) is 0 Å². The molecule has 1 aliphatic rings. The van der Waals surface area contributed by atoms with E-state index in [0.29, 0.717) is 12.3 Å². The third-order valence-electron chi connectivity index (χ3n) is 4.11. The molecular weight excluding hydrogens is 252 g/mol. The van der Waals surface area contributed by atoms with Crippen LogP contribution in [0, 0.1) is 11.8 Å². The van der Waals surface area contributed by atoms with Crippen LogP contribution in [0.5, 0.6) is 0 Å². The molecular formula is C17H30O3. The predicted molar refractivity (Wildman–Crippen MR) is 81.3 cm³/mol. The molecule has 1 fully saturated rings.